The highest BCUT2D eigenvalue weighted by Gasteiger charge is 2.10. The summed E-state index contributed by atoms with van der Waals surface area (Å²) in [4.78, 5) is 11.1. The van der Waals surface area contributed by atoms with Gasteiger partial charge in [0, 0.05) is 18.8 Å². The van der Waals surface area contributed by atoms with Gasteiger partial charge in [0.15, 0.2) is 0 Å². The van der Waals surface area contributed by atoms with E-state index in [2.05, 4.69) is 41.8 Å². The third kappa shape index (κ3) is 4.70. The maximum atomic E-state index is 11.1. The van der Waals surface area contributed by atoms with Crippen molar-refractivity contribution in [2.75, 3.05) is 25.6 Å². The van der Waals surface area contributed by atoms with Crippen molar-refractivity contribution in [3.63, 3.8) is 0 Å². The van der Waals surface area contributed by atoms with E-state index < -0.39 is 0 Å². The first-order chi connectivity index (χ1) is 8.71. The van der Waals surface area contributed by atoms with Gasteiger partial charge < -0.3 is 10.6 Å². The first-order valence-electron chi connectivity index (χ1n) is 6.25. The van der Waals surface area contributed by atoms with E-state index in [1.54, 1.807) is 18.8 Å². The molecule has 0 saturated heterocycles. The van der Waals surface area contributed by atoms with Gasteiger partial charge in [0.25, 0.3) is 0 Å². The van der Waals surface area contributed by atoms with Gasteiger partial charge in [0.1, 0.15) is 0 Å². The summed E-state index contributed by atoms with van der Waals surface area (Å²) in [5.74, 6) is 1.49. The molecule has 0 aromatic heterocycles. The molecule has 0 spiro atoms. The van der Waals surface area contributed by atoms with Crippen molar-refractivity contribution in [1.82, 2.24) is 10.6 Å². The van der Waals surface area contributed by atoms with E-state index in [-0.39, 0.29) is 5.91 Å². The predicted octanol–water partition coefficient (Wildman–Crippen LogP) is 1.99. The van der Waals surface area contributed by atoms with Crippen molar-refractivity contribution >= 4 is 17.7 Å². The summed E-state index contributed by atoms with van der Waals surface area (Å²) < 4.78 is 0. The van der Waals surface area contributed by atoms with Gasteiger partial charge in [-0.1, -0.05) is 31.2 Å². The van der Waals surface area contributed by atoms with Crippen molar-refractivity contribution in [2.24, 2.45) is 0 Å². The first kappa shape index (κ1) is 15.1. The van der Waals surface area contributed by atoms with E-state index in [1.807, 2.05) is 7.05 Å². The van der Waals surface area contributed by atoms with Crippen LogP contribution in [0, 0.1) is 0 Å². The monoisotopic (exact) mass is 266 g/mol. The fourth-order valence-electron chi connectivity index (χ4n) is 1.67. The smallest absolute Gasteiger partial charge is 0.229 e. The Morgan fingerprint density at radius 2 is 1.94 bits per heavy atom. The molecule has 1 amide bonds. The minimum atomic E-state index is 0.0798. The summed E-state index contributed by atoms with van der Waals surface area (Å²) in [7, 11) is 3.63. The average molecular weight is 266 g/mol. The quantitative estimate of drug-likeness (QED) is 0.793. The molecule has 18 heavy (non-hydrogen) atoms. The maximum Gasteiger partial charge on any atom is 0.229 e. The molecule has 0 bridgehead atoms. The molecule has 4 heteroatoms. The van der Waals surface area contributed by atoms with Crippen LogP contribution in [0.1, 0.15) is 24.1 Å². The minimum Gasteiger partial charge on any atom is -0.358 e. The SMILES string of the molecule is CCc1ccc(C(CSCC(=O)NC)NC)cc1. The molecule has 0 aliphatic rings. The summed E-state index contributed by atoms with van der Waals surface area (Å²) in [5.41, 5.74) is 2.63. The molecule has 1 aromatic carbocycles. The summed E-state index contributed by atoms with van der Waals surface area (Å²) in [5, 5.41) is 5.93. The van der Waals surface area contributed by atoms with Crippen LogP contribution >= 0.6 is 11.8 Å². The molecule has 100 valence electrons. The summed E-state index contributed by atoms with van der Waals surface area (Å²) in [6.45, 7) is 2.16. The topological polar surface area (TPSA) is 41.1 Å². The number of carbonyl (C=O) groups excluding carboxylic acids is 1. The molecule has 0 fully saturated rings. The van der Waals surface area contributed by atoms with Crippen molar-refractivity contribution in [3.05, 3.63) is 35.4 Å². The highest BCUT2D eigenvalue weighted by molar-refractivity contribution is 7.99. The average Bonchev–Trinajstić information content (AvgIpc) is 2.43. The summed E-state index contributed by atoms with van der Waals surface area (Å²) >= 11 is 1.65. The Balaban J connectivity index is 2.51. The van der Waals surface area contributed by atoms with E-state index >= 15 is 0 Å². The number of thioether (sulfide) groups is 1. The van der Waals surface area contributed by atoms with Gasteiger partial charge >= 0.3 is 0 Å². The highest BCUT2D eigenvalue weighted by atomic mass is 32.2. The van der Waals surface area contributed by atoms with Gasteiger partial charge in [-0.2, -0.15) is 11.8 Å². The zero-order valence-electron chi connectivity index (χ0n) is 11.3. The largest absolute Gasteiger partial charge is 0.358 e. The zero-order valence-corrected chi connectivity index (χ0v) is 12.1. The van der Waals surface area contributed by atoms with E-state index in [0.29, 0.717) is 11.8 Å². The molecule has 0 saturated carbocycles. The van der Waals surface area contributed by atoms with Gasteiger partial charge in [-0.05, 0) is 24.6 Å². The van der Waals surface area contributed by atoms with Gasteiger partial charge in [-0.15, -0.1) is 0 Å². The predicted molar refractivity (Wildman–Crippen MR) is 79.0 cm³/mol. The van der Waals surface area contributed by atoms with Crippen LogP contribution in [0.4, 0.5) is 0 Å². The Hall–Kier alpha value is -1.00. The van der Waals surface area contributed by atoms with Crippen LogP contribution < -0.4 is 10.6 Å². The number of amides is 1. The third-order valence-electron chi connectivity index (χ3n) is 2.94. The number of aryl methyl sites for hydroxylation is 1. The first-order valence-corrected chi connectivity index (χ1v) is 7.41. The number of nitrogens with one attached hydrogen (secondary N) is 2. The second-order valence-corrected chi connectivity index (χ2v) is 5.15. The minimum absolute atomic E-state index is 0.0798. The number of benzene rings is 1. The van der Waals surface area contributed by atoms with Crippen molar-refractivity contribution < 1.29 is 4.79 Å². The molecular formula is C14H22N2OS. The van der Waals surface area contributed by atoms with Gasteiger partial charge in [-0.25, -0.2) is 0 Å². The maximum absolute atomic E-state index is 11.1. The molecule has 0 aliphatic heterocycles. The van der Waals surface area contributed by atoms with E-state index in [1.165, 1.54) is 11.1 Å². The van der Waals surface area contributed by atoms with E-state index in [0.717, 1.165) is 12.2 Å². The second-order valence-electron chi connectivity index (χ2n) is 4.12. The van der Waals surface area contributed by atoms with E-state index in [9.17, 15) is 4.79 Å². The lowest BCUT2D eigenvalue weighted by atomic mass is 10.1. The lowest BCUT2D eigenvalue weighted by Crippen LogP contribution is -2.23. The number of hydrogen-bond acceptors (Lipinski definition) is 3. The lowest BCUT2D eigenvalue weighted by molar-refractivity contribution is -0.118. The molecule has 1 unspecified atom stereocenters. The Kier molecular flexibility index (Phi) is 6.83. The van der Waals surface area contributed by atoms with Crippen LogP contribution in [0.15, 0.2) is 24.3 Å². The van der Waals surface area contributed by atoms with Crippen molar-refractivity contribution in [2.45, 2.75) is 19.4 Å². The van der Waals surface area contributed by atoms with Gasteiger partial charge in [-0.3, -0.25) is 4.79 Å². The molecule has 1 aromatic rings. The highest BCUT2D eigenvalue weighted by Crippen LogP contribution is 2.18. The third-order valence-corrected chi connectivity index (χ3v) is 3.97. The molecule has 1 atom stereocenters. The van der Waals surface area contributed by atoms with Gasteiger partial charge in [0.05, 0.1) is 5.75 Å². The molecule has 2 N–H and O–H groups in total. The molecule has 1 rings (SSSR count). The second kappa shape index (κ2) is 8.16. The fourth-order valence-corrected chi connectivity index (χ4v) is 2.72. The Bertz CT molecular complexity index is 365. The molecule has 0 radical (unpaired) electrons. The van der Waals surface area contributed by atoms with E-state index in [4.69, 9.17) is 0 Å². The fraction of sp³-hybridized carbons (Fsp3) is 0.500. The summed E-state index contributed by atoms with van der Waals surface area (Å²) in [6, 6.07) is 8.97. The standard InChI is InChI=1S/C14H22N2OS/c1-4-11-5-7-12(8-6-11)13(15-2)9-18-10-14(17)16-3/h5-8,13,15H,4,9-10H2,1-3H3,(H,16,17). The Morgan fingerprint density at radius 1 is 1.28 bits per heavy atom. The van der Waals surface area contributed by atoms with Crippen LogP contribution in [-0.2, 0) is 11.2 Å². The van der Waals surface area contributed by atoms with Crippen molar-refractivity contribution in [3.8, 4) is 0 Å². The molecule has 0 aliphatic carbocycles. The number of carbonyl (C=O) groups is 1. The van der Waals surface area contributed by atoms with Crippen LogP contribution in [0.2, 0.25) is 0 Å². The molecule has 0 heterocycles. The normalized spacial score (nSPS) is 12.2. The zero-order chi connectivity index (χ0) is 13.4. The van der Waals surface area contributed by atoms with Crippen LogP contribution in [-0.4, -0.2) is 31.5 Å². The van der Waals surface area contributed by atoms with Crippen molar-refractivity contribution in [1.29, 1.82) is 0 Å². The molecule has 3 nitrogen and oxygen atoms in total. The van der Waals surface area contributed by atoms with Crippen LogP contribution in [0.25, 0.3) is 0 Å². The van der Waals surface area contributed by atoms with Crippen LogP contribution in [0.5, 0.6) is 0 Å². The number of rotatable bonds is 7. The Morgan fingerprint density at radius 3 is 2.44 bits per heavy atom. The van der Waals surface area contributed by atoms with Gasteiger partial charge in [0.2, 0.25) is 5.91 Å². The number of hydrogen-bond donors (Lipinski definition) is 2. The summed E-state index contributed by atoms with van der Waals surface area (Å²) in [6.07, 6.45) is 1.07. The lowest BCUT2D eigenvalue weighted by Gasteiger charge is -2.16. The van der Waals surface area contributed by atoms with Crippen LogP contribution in [0.3, 0.4) is 0 Å². The Labute approximate surface area is 114 Å². The molecular weight excluding hydrogens is 244 g/mol.